The molecule has 1 aromatic rings. The van der Waals surface area contributed by atoms with E-state index in [1.54, 1.807) is 7.11 Å². The molecule has 0 bridgehead atoms. The number of ether oxygens (including phenoxy) is 1. The number of aryl methyl sites for hydroxylation is 1. The van der Waals surface area contributed by atoms with Gasteiger partial charge in [-0.15, -0.1) is 24.8 Å². The minimum absolute atomic E-state index is 0. The Morgan fingerprint density at radius 1 is 1.36 bits per heavy atom. The van der Waals surface area contributed by atoms with Crippen molar-refractivity contribution in [2.75, 3.05) is 26.7 Å². The zero-order valence-electron chi connectivity index (χ0n) is 14.0. The third kappa shape index (κ3) is 4.98. The molecule has 1 N–H and O–H groups in total. The summed E-state index contributed by atoms with van der Waals surface area (Å²) in [5.74, 6) is 0.983. The quantitative estimate of drug-likeness (QED) is 0.885. The maximum atomic E-state index is 5.51. The lowest BCUT2D eigenvalue weighted by atomic mass is 10.1. The van der Waals surface area contributed by atoms with Crippen LogP contribution in [0, 0.1) is 13.8 Å². The molecule has 2 heterocycles. The van der Waals surface area contributed by atoms with Crippen LogP contribution < -0.4 is 10.1 Å². The molecule has 6 heteroatoms. The highest BCUT2D eigenvalue weighted by Gasteiger charge is 2.23. The molecule has 0 saturated carbocycles. The number of aromatic nitrogens is 1. The molecule has 0 aromatic carbocycles. The first-order valence-corrected chi connectivity index (χ1v) is 7.61. The standard InChI is InChI=1S/C16H27N3O.2ClH/c1-5-6-14-10-17-7-8-19(14)11-15-13(3)16(20-4)12(2)9-18-15;;/h9,14,17H,5-8,10-11H2,1-4H3;2*1H. The lowest BCUT2D eigenvalue weighted by Crippen LogP contribution is -2.50. The van der Waals surface area contributed by atoms with Gasteiger partial charge in [0.05, 0.1) is 12.8 Å². The van der Waals surface area contributed by atoms with E-state index in [-0.39, 0.29) is 24.8 Å². The minimum atomic E-state index is 0. The maximum Gasteiger partial charge on any atom is 0.128 e. The molecule has 1 unspecified atom stereocenters. The second-order valence-corrected chi connectivity index (χ2v) is 5.66. The number of piperazine rings is 1. The fourth-order valence-electron chi connectivity index (χ4n) is 3.05. The largest absolute Gasteiger partial charge is 0.496 e. The maximum absolute atomic E-state index is 5.51. The van der Waals surface area contributed by atoms with Crippen LogP contribution >= 0.6 is 24.8 Å². The molecular weight excluding hydrogens is 321 g/mol. The highest BCUT2D eigenvalue weighted by Crippen LogP contribution is 2.25. The molecular formula is C16H29Cl2N3O. The number of rotatable bonds is 5. The predicted molar refractivity (Wildman–Crippen MR) is 96.7 cm³/mol. The van der Waals surface area contributed by atoms with Gasteiger partial charge in [-0.1, -0.05) is 13.3 Å². The number of halogens is 2. The molecule has 22 heavy (non-hydrogen) atoms. The zero-order valence-corrected chi connectivity index (χ0v) is 15.6. The van der Waals surface area contributed by atoms with Gasteiger partial charge < -0.3 is 10.1 Å². The molecule has 1 atom stereocenters. The van der Waals surface area contributed by atoms with Crippen molar-refractivity contribution in [2.24, 2.45) is 0 Å². The highest BCUT2D eigenvalue weighted by atomic mass is 35.5. The van der Waals surface area contributed by atoms with E-state index in [0.717, 1.165) is 43.2 Å². The van der Waals surface area contributed by atoms with Crippen molar-refractivity contribution in [3.63, 3.8) is 0 Å². The summed E-state index contributed by atoms with van der Waals surface area (Å²) in [6.07, 6.45) is 4.40. The molecule has 4 nitrogen and oxygen atoms in total. The summed E-state index contributed by atoms with van der Waals surface area (Å²) in [5.41, 5.74) is 3.44. The summed E-state index contributed by atoms with van der Waals surface area (Å²) < 4.78 is 5.51. The van der Waals surface area contributed by atoms with Crippen LogP contribution in [0.25, 0.3) is 0 Å². The van der Waals surface area contributed by atoms with Gasteiger partial charge in [0.2, 0.25) is 0 Å². The van der Waals surface area contributed by atoms with Crippen LogP contribution in [0.1, 0.15) is 36.6 Å². The first-order chi connectivity index (χ1) is 9.67. The monoisotopic (exact) mass is 349 g/mol. The van der Waals surface area contributed by atoms with Crippen molar-refractivity contribution in [3.8, 4) is 5.75 Å². The Morgan fingerprint density at radius 3 is 2.73 bits per heavy atom. The Labute approximate surface area is 146 Å². The Kier molecular flexibility index (Phi) is 10.0. The number of methoxy groups -OCH3 is 1. The number of pyridine rings is 1. The summed E-state index contributed by atoms with van der Waals surface area (Å²) in [7, 11) is 1.74. The van der Waals surface area contributed by atoms with Crippen molar-refractivity contribution in [1.29, 1.82) is 0 Å². The van der Waals surface area contributed by atoms with E-state index in [4.69, 9.17) is 4.74 Å². The normalized spacial score (nSPS) is 18.3. The summed E-state index contributed by atoms with van der Waals surface area (Å²) in [6.45, 7) is 10.6. The lowest BCUT2D eigenvalue weighted by Gasteiger charge is -2.36. The molecule has 0 aliphatic carbocycles. The lowest BCUT2D eigenvalue weighted by molar-refractivity contribution is 0.142. The van der Waals surface area contributed by atoms with Crippen LogP contribution in [0.5, 0.6) is 5.75 Å². The fourth-order valence-corrected chi connectivity index (χ4v) is 3.05. The van der Waals surface area contributed by atoms with Crippen LogP contribution in [-0.2, 0) is 6.54 Å². The van der Waals surface area contributed by atoms with Crippen LogP contribution in [0.2, 0.25) is 0 Å². The Balaban J connectivity index is 0.00000220. The van der Waals surface area contributed by atoms with Crippen molar-refractivity contribution < 1.29 is 4.74 Å². The number of nitrogens with zero attached hydrogens (tertiary/aromatic N) is 2. The van der Waals surface area contributed by atoms with Gasteiger partial charge >= 0.3 is 0 Å². The van der Waals surface area contributed by atoms with Crippen LogP contribution in [-0.4, -0.2) is 42.7 Å². The van der Waals surface area contributed by atoms with E-state index >= 15 is 0 Å². The Bertz CT molecular complexity index is 455. The van der Waals surface area contributed by atoms with E-state index < -0.39 is 0 Å². The van der Waals surface area contributed by atoms with E-state index in [1.807, 2.05) is 13.1 Å². The van der Waals surface area contributed by atoms with E-state index in [9.17, 15) is 0 Å². The molecule has 0 radical (unpaired) electrons. The molecule has 1 aromatic heterocycles. The van der Waals surface area contributed by atoms with Gasteiger partial charge in [-0.05, 0) is 20.3 Å². The van der Waals surface area contributed by atoms with Crippen LogP contribution in [0.4, 0.5) is 0 Å². The van der Waals surface area contributed by atoms with Crippen molar-refractivity contribution in [3.05, 3.63) is 23.0 Å². The molecule has 128 valence electrons. The van der Waals surface area contributed by atoms with Gasteiger partial charge in [-0.25, -0.2) is 0 Å². The van der Waals surface area contributed by atoms with Gasteiger partial charge in [-0.3, -0.25) is 9.88 Å². The van der Waals surface area contributed by atoms with Crippen LogP contribution in [0.15, 0.2) is 6.20 Å². The summed E-state index contributed by atoms with van der Waals surface area (Å²) in [5, 5.41) is 3.49. The third-order valence-electron chi connectivity index (χ3n) is 4.20. The average Bonchev–Trinajstić information content (AvgIpc) is 2.45. The topological polar surface area (TPSA) is 37.4 Å². The number of hydrogen-bond donors (Lipinski definition) is 1. The highest BCUT2D eigenvalue weighted by molar-refractivity contribution is 5.85. The average molecular weight is 350 g/mol. The minimum Gasteiger partial charge on any atom is -0.496 e. The van der Waals surface area contributed by atoms with Crippen molar-refractivity contribution >= 4 is 24.8 Å². The summed E-state index contributed by atoms with van der Waals surface area (Å²) >= 11 is 0. The van der Waals surface area contributed by atoms with E-state index in [2.05, 4.69) is 29.0 Å². The molecule has 1 aliphatic rings. The smallest absolute Gasteiger partial charge is 0.128 e. The SMILES string of the molecule is CCCC1CNCCN1Cc1ncc(C)c(OC)c1C.Cl.Cl. The van der Waals surface area contributed by atoms with Gasteiger partial charge in [-0.2, -0.15) is 0 Å². The molecule has 0 spiro atoms. The molecule has 1 saturated heterocycles. The molecule has 2 rings (SSSR count). The second kappa shape index (κ2) is 10.3. The molecule has 1 fully saturated rings. The van der Waals surface area contributed by atoms with Crippen molar-refractivity contribution in [2.45, 2.75) is 46.2 Å². The van der Waals surface area contributed by atoms with Crippen LogP contribution in [0.3, 0.4) is 0 Å². The van der Waals surface area contributed by atoms with Crippen molar-refractivity contribution in [1.82, 2.24) is 15.2 Å². The van der Waals surface area contributed by atoms with E-state index in [1.165, 1.54) is 18.4 Å². The summed E-state index contributed by atoms with van der Waals surface area (Å²) in [4.78, 5) is 7.19. The first-order valence-electron chi connectivity index (χ1n) is 7.61. The van der Waals surface area contributed by atoms with E-state index in [0.29, 0.717) is 6.04 Å². The van der Waals surface area contributed by atoms with Gasteiger partial charge in [0.1, 0.15) is 5.75 Å². The zero-order chi connectivity index (χ0) is 14.5. The predicted octanol–water partition coefficient (Wildman–Crippen LogP) is 3.12. The Morgan fingerprint density at radius 2 is 2.09 bits per heavy atom. The van der Waals surface area contributed by atoms with Gasteiger partial charge in [0.25, 0.3) is 0 Å². The second-order valence-electron chi connectivity index (χ2n) is 5.66. The third-order valence-corrected chi connectivity index (χ3v) is 4.20. The first kappa shape index (κ1) is 21.4. The molecule has 1 aliphatic heterocycles. The Hall–Kier alpha value is -0.550. The number of hydrogen-bond acceptors (Lipinski definition) is 4. The molecule has 0 amide bonds. The van der Waals surface area contributed by atoms with Gasteiger partial charge in [0, 0.05) is 49.5 Å². The van der Waals surface area contributed by atoms with Gasteiger partial charge in [0.15, 0.2) is 0 Å². The number of nitrogens with one attached hydrogen (secondary N) is 1. The fraction of sp³-hybridized carbons (Fsp3) is 0.688. The summed E-state index contributed by atoms with van der Waals surface area (Å²) in [6, 6.07) is 0.627.